The molecule has 0 aliphatic carbocycles. The van der Waals surface area contributed by atoms with Crippen molar-refractivity contribution in [1.29, 1.82) is 5.41 Å². The number of primary amides is 1. The number of fused-ring (bicyclic) bond motifs is 1. The first-order valence-electron chi connectivity index (χ1n) is 8.47. The number of nitrogens with two attached hydrogens (primary N) is 1. The number of hydrogen-bond donors (Lipinski definition) is 4. The molecule has 0 radical (unpaired) electrons. The zero-order chi connectivity index (χ0) is 20.3. The number of aliphatic carboxylic acids is 1. The molecule has 5 N–H and O–H groups in total. The molecule has 0 saturated heterocycles. The van der Waals surface area contributed by atoms with E-state index in [1.54, 1.807) is 22.7 Å². The molecule has 1 aromatic carbocycles. The minimum Gasteiger partial charge on any atom is -0.480 e. The highest BCUT2D eigenvalue weighted by atomic mass is 16.5. The summed E-state index contributed by atoms with van der Waals surface area (Å²) in [6.45, 7) is -1.01. The van der Waals surface area contributed by atoms with Gasteiger partial charge in [-0.25, -0.2) is 4.79 Å². The third-order valence-corrected chi connectivity index (χ3v) is 4.35. The first-order chi connectivity index (χ1) is 13.4. The molecule has 144 valence electrons. The van der Waals surface area contributed by atoms with E-state index in [2.05, 4.69) is 0 Å². The van der Waals surface area contributed by atoms with Crippen molar-refractivity contribution in [3.63, 3.8) is 0 Å². The van der Waals surface area contributed by atoms with E-state index in [0.29, 0.717) is 23.2 Å². The summed E-state index contributed by atoms with van der Waals surface area (Å²) in [7, 11) is 0. The van der Waals surface area contributed by atoms with Crippen molar-refractivity contribution >= 4 is 23.1 Å². The summed E-state index contributed by atoms with van der Waals surface area (Å²) < 4.78 is 7.06. The van der Waals surface area contributed by atoms with Gasteiger partial charge >= 0.3 is 5.97 Å². The lowest BCUT2D eigenvalue weighted by atomic mass is 10.0. The summed E-state index contributed by atoms with van der Waals surface area (Å²) in [5.41, 5.74) is 7.31. The number of carboxylic acid groups (broad SMARTS) is 1. The minimum absolute atomic E-state index is 0.141. The van der Waals surface area contributed by atoms with Crippen LogP contribution >= 0.6 is 0 Å². The number of benzene rings is 1. The van der Waals surface area contributed by atoms with Gasteiger partial charge in [-0.15, -0.1) is 0 Å². The van der Waals surface area contributed by atoms with Crippen LogP contribution in [0.2, 0.25) is 0 Å². The molecule has 0 saturated carbocycles. The van der Waals surface area contributed by atoms with Gasteiger partial charge in [0.2, 0.25) is 0 Å². The third kappa shape index (κ3) is 3.58. The number of hydrogen-bond acceptors (Lipinski definition) is 5. The van der Waals surface area contributed by atoms with Crippen LogP contribution in [-0.4, -0.2) is 38.8 Å². The number of aromatic nitrogens is 1. The Morgan fingerprint density at radius 1 is 1.14 bits per heavy atom. The topological polar surface area (TPSA) is 138 Å². The Balaban J connectivity index is 2.27. The number of rotatable bonds is 8. The number of ether oxygens (including phenoxy) is 1. The molecule has 1 amide bonds. The number of aliphatic hydroxyl groups is 1. The number of nitrogens with zero attached hydrogens (tertiary/aromatic N) is 1. The Labute approximate surface area is 160 Å². The molecule has 8 heteroatoms. The van der Waals surface area contributed by atoms with E-state index in [-0.39, 0.29) is 11.3 Å². The second-order valence-electron chi connectivity index (χ2n) is 6.13. The molecule has 0 unspecified atom stereocenters. The summed E-state index contributed by atoms with van der Waals surface area (Å²) in [6, 6.07) is 12.7. The molecule has 0 aliphatic heterocycles. The largest absolute Gasteiger partial charge is 0.480 e. The number of carboxylic acids is 1. The van der Waals surface area contributed by atoms with E-state index in [1.807, 2.05) is 30.3 Å². The van der Waals surface area contributed by atoms with Gasteiger partial charge in [0.25, 0.3) is 5.91 Å². The van der Waals surface area contributed by atoms with Gasteiger partial charge in [-0.1, -0.05) is 30.3 Å². The van der Waals surface area contributed by atoms with Crippen molar-refractivity contribution in [2.75, 3.05) is 6.61 Å². The van der Waals surface area contributed by atoms with Gasteiger partial charge in [-0.2, -0.15) is 0 Å². The van der Waals surface area contributed by atoms with Crippen LogP contribution in [0.1, 0.15) is 22.4 Å². The third-order valence-electron chi connectivity index (χ3n) is 4.35. The maximum absolute atomic E-state index is 11.7. The molecule has 0 spiro atoms. The van der Waals surface area contributed by atoms with Crippen LogP contribution in [0.15, 0.2) is 48.7 Å². The molecule has 3 rings (SSSR count). The zero-order valence-corrected chi connectivity index (χ0v) is 14.9. The van der Waals surface area contributed by atoms with Crippen LogP contribution < -0.4 is 10.5 Å². The van der Waals surface area contributed by atoms with Crippen molar-refractivity contribution in [2.24, 2.45) is 5.73 Å². The van der Waals surface area contributed by atoms with Crippen LogP contribution in [0.25, 0.3) is 5.52 Å². The average molecular weight is 381 g/mol. The van der Waals surface area contributed by atoms with Crippen molar-refractivity contribution in [2.45, 2.75) is 13.0 Å². The summed E-state index contributed by atoms with van der Waals surface area (Å²) in [5.74, 6) is -1.94. The number of aliphatic hydroxyl groups excluding tert-OH is 1. The molecule has 8 nitrogen and oxygen atoms in total. The maximum Gasteiger partial charge on any atom is 0.341 e. The lowest BCUT2D eigenvalue weighted by Crippen LogP contribution is -2.24. The molecule has 28 heavy (non-hydrogen) atoms. The van der Waals surface area contributed by atoms with Crippen LogP contribution in [0.5, 0.6) is 5.75 Å². The fourth-order valence-electron chi connectivity index (χ4n) is 3.19. The predicted molar refractivity (Wildman–Crippen MR) is 102 cm³/mol. The quantitative estimate of drug-likeness (QED) is 0.436. The van der Waals surface area contributed by atoms with Gasteiger partial charge in [0.05, 0.1) is 12.1 Å². The van der Waals surface area contributed by atoms with Crippen LogP contribution in [0.3, 0.4) is 0 Å². The molecule has 0 fully saturated rings. The van der Waals surface area contributed by atoms with Crippen LogP contribution in [-0.2, 0) is 22.6 Å². The van der Waals surface area contributed by atoms with Gasteiger partial charge in [0, 0.05) is 29.4 Å². The smallest absolute Gasteiger partial charge is 0.341 e. The summed E-state index contributed by atoms with van der Waals surface area (Å²) in [4.78, 5) is 22.6. The van der Waals surface area contributed by atoms with Crippen molar-refractivity contribution in [3.8, 4) is 5.75 Å². The van der Waals surface area contributed by atoms with Crippen LogP contribution in [0, 0.1) is 5.41 Å². The molecule has 0 atom stereocenters. The van der Waals surface area contributed by atoms with Gasteiger partial charge in [-0.05, 0) is 17.7 Å². The standard InChI is InChI=1S/C20H19N3O5/c21-18(20(22)27)17-13(10-24)14(9-12-5-2-1-3-6-12)23-8-4-7-15(19(17)23)28-11-16(25)26/h1-8,21,24H,9-11H2,(H2,22,27)(H,25,26). The normalized spacial score (nSPS) is 10.8. The van der Waals surface area contributed by atoms with Gasteiger partial charge in [0.1, 0.15) is 11.5 Å². The van der Waals surface area contributed by atoms with Crippen LogP contribution in [0.4, 0.5) is 0 Å². The Morgan fingerprint density at radius 2 is 1.86 bits per heavy atom. The summed E-state index contributed by atoms with van der Waals surface area (Å²) in [5, 5.41) is 27.1. The summed E-state index contributed by atoms with van der Waals surface area (Å²) in [6.07, 6.45) is 2.13. The van der Waals surface area contributed by atoms with E-state index < -0.39 is 30.8 Å². The highest BCUT2D eigenvalue weighted by Crippen LogP contribution is 2.33. The SMILES string of the molecule is N=C(C(N)=O)c1c(CO)c(Cc2ccccc2)n2cccc(OCC(=O)O)c12. The number of carbonyl (C=O) groups is 2. The van der Waals surface area contributed by atoms with Gasteiger partial charge in [0.15, 0.2) is 6.61 Å². The fraction of sp³-hybridized carbons (Fsp3) is 0.150. The molecule has 0 aliphatic rings. The first kappa shape index (κ1) is 19.1. The number of nitrogens with one attached hydrogen (secondary N) is 1. The Bertz CT molecular complexity index is 1060. The lowest BCUT2D eigenvalue weighted by molar-refractivity contribution is -0.139. The minimum atomic E-state index is -1.16. The van der Waals surface area contributed by atoms with Gasteiger partial charge in [-0.3, -0.25) is 10.2 Å². The van der Waals surface area contributed by atoms with E-state index >= 15 is 0 Å². The highest BCUT2D eigenvalue weighted by molar-refractivity contribution is 6.45. The van der Waals surface area contributed by atoms with E-state index in [0.717, 1.165) is 5.56 Å². The van der Waals surface area contributed by atoms with E-state index in [1.165, 1.54) is 0 Å². The Kier molecular flexibility index (Phi) is 5.42. The Hall–Kier alpha value is -3.65. The van der Waals surface area contributed by atoms with E-state index in [9.17, 15) is 14.7 Å². The lowest BCUT2D eigenvalue weighted by Gasteiger charge is -2.09. The summed E-state index contributed by atoms with van der Waals surface area (Å²) >= 11 is 0. The highest BCUT2D eigenvalue weighted by Gasteiger charge is 2.26. The monoisotopic (exact) mass is 381 g/mol. The Morgan fingerprint density at radius 3 is 2.46 bits per heavy atom. The number of carbonyl (C=O) groups excluding carboxylic acids is 1. The maximum atomic E-state index is 11.7. The van der Waals surface area contributed by atoms with E-state index in [4.69, 9.17) is 21.0 Å². The molecule has 2 heterocycles. The number of pyridine rings is 1. The molecule has 3 aromatic rings. The molecular formula is C20H19N3O5. The van der Waals surface area contributed by atoms with Crippen molar-refractivity contribution < 1.29 is 24.5 Å². The average Bonchev–Trinajstić information content (AvgIpc) is 3.00. The first-order valence-corrected chi connectivity index (χ1v) is 8.47. The van der Waals surface area contributed by atoms with Crippen molar-refractivity contribution in [1.82, 2.24) is 4.40 Å². The fourth-order valence-corrected chi connectivity index (χ4v) is 3.19. The second-order valence-corrected chi connectivity index (χ2v) is 6.13. The van der Waals surface area contributed by atoms with Crippen molar-refractivity contribution in [3.05, 3.63) is 71.0 Å². The predicted octanol–water partition coefficient (Wildman–Crippen LogP) is 1.34. The zero-order valence-electron chi connectivity index (χ0n) is 14.9. The molecule has 2 aromatic heterocycles. The molecular weight excluding hydrogens is 362 g/mol. The molecule has 0 bridgehead atoms. The van der Waals surface area contributed by atoms with Gasteiger partial charge < -0.3 is 25.1 Å². The second kappa shape index (κ2) is 7.93. The number of amides is 1.